The molecule has 26 heavy (non-hydrogen) atoms. The standard InChI is InChI=1S/C17H27N5O2S2/c1-4-18-17(22(3)12-7-15-6-5-13-25-15)19-9-10-20-26(23,24)16-8-11-21(2)14-16/h5-6,8,11,13-14,20H,4,7,9-10,12H2,1-3H3,(H,18,19). The summed E-state index contributed by atoms with van der Waals surface area (Å²) in [5.74, 6) is 0.781. The first-order chi connectivity index (χ1) is 12.4. The van der Waals surface area contributed by atoms with Gasteiger partial charge >= 0.3 is 0 Å². The van der Waals surface area contributed by atoms with Crippen LogP contribution in [-0.4, -0.2) is 57.1 Å². The van der Waals surface area contributed by atoms with E-state index in [1.54, 1.807) is 41.4 Å². The van der Waals surface area contributed by atoms with Crippen molar-refractivity contribution >= 4 is 27.3 Å². The number of aromatic nitrogens is 1. The van der Waals surface area contributed by atoms with Crippen molar-refractivity contribution in [2.24, 2.45) is 12.0 Å². The summed E-state index contributed by atoms with van der Waals surface area (Å²) in [6.07, 6.45) is 4.24. The first-order valence-corrected chi connectivity index (χ1v) is 10.9. The van der Waals surface area contributed by atoms with Gasteiger partial charge in [-0.05, 0) is 30.9 Å². The number of sulfonamides is 1. The first-order valence-electron chi connectivity index (χ1n) is 8.56. The third kappa shape index (κ3) is 6.15. The van der Waals surface area contributed by atoms with Gasteiger partial charge in [-0.2, -0.15) is 0 Å². The van der Waals surface area contributed by atoms with Crippen molar-refractivity contribution in [3.63, 3.8) is 0 Å². The fourth-order valence-electron chi connectivity index (χ4n) is 2.37. The van der Waals surface area contributed by atoms with E-state index in [0.717, 1.165) is 25.5 Å². The monoisotopic (exact) mass is 397 g/mol. The molecule has 0 saturated carbocycles. The van der Waals surface area contributed by atoms with Gasteiger partial charge in [0, 0.05) is 51.0 Å². The van der Waals surface area contributed by atoms with E-state index in [-0.39, 0.29) is 11.4 Å². The molecule has 0 aromatic carbocycles. The zero-order valence-electron chi connectivity index (χ0n) is 15.5. The van der Waals surface area contributed by atoms with Gasteiger partial charge in [0.1, 0.15) is 0 Å². The van der Waals surface area contributed by atoms with E-state index in [1.807, 2.05) is 14.0 Å². The first kappa shape index (κ1) is 20.5. The van der Waals surface area contributed by atoms with E-state index >= 15 is 0 Å². The number of hydrogen-bond donors (Lipinski definition) is 2. The van der Waals surface area contributed by atoms with Crippen LogP contribution in [0.5, 0.6) is 0 Å². The molecule has 0 atom stereocenters. The molecule has 2 rings (SSSR count). The summed E-state index contributed by atoms with van der Waals surface area (Å²) in [7, 11) is 0.297. The van der Waals surface area contributed by atoms with Crippen LogP contribution < -0.4 is 10.0 Å². The van der Waals surface area contributed by atoms with Gasteiger partial charge in [-0.15, -0.1) is 11.3 Å². The van der Waals surface area contributed by atoms with Crippen molar-refractivity contribution in [1.29, 1.82) is 0 Å². The van der Waals surface area contributed by atoms with Crippen LogP contribution in [0.4, 0.5) is 0 Å². The van der Waals surface area contributed by atoms with E-state index in [2.05, 4.69) is 37.4 Å². The molecule has 0 radical (unpaired) electrons. The molecule has 2 aromatic heterocycles. The van der Waals surface area contributed by atoms with E-state index in [4.69, 9.17) is 0 Å². The van der Waals surface area contributed by atoms with Gasteiger partial charge in [-0.1, -0.05) is 6.07 Å². The van der Waals surface area contributed by atoms with Gasteiger partial charge in [-0.3, -0.25) is 4.99 Å². The van der Waals surface area contributed by atoms with Gasteiger partial charge in [0.05, 0.1) is 11.4 Å². The second kappa shape index (κ2) is 9.75. The molecule has 0 aliphatic carbocycles. The van der Waals surface area contributed by atoms with Gasteiger partial charge in [-0.25, -0.2) is 13.1 Å². The molecule has 0 saturated heterocycles. The SMILES string of the molecule is CCNC(=NCCNS(=O)(=O)c1ccn(C)c1)N(C)CCc1cccs1. The number of rotatable bonds is 9. The van der Waals surface area contributed by atoms with Crippen LogP contribution in [0, 0.1) is 0 Å². The molecule has 0 fully saturated rings. The maximum Gasteiger partial charge on any atom is 0.242 e. The topological polar surface area (TPSA) is 78.7 Å². The molecular formula is C17H27N5O2S2. The Bertz CT molecular complexity index is 797. The van der Waals surface area contributed by atoms with Crippen molar-refractivity contribution in [2.75, 3.05) is 33.2 Å². The molecule has 2 aromatic rings. The number of nitrogens with zero attached hydrogens (tertiary/aromatic N) is 3. The zero-order chi connectivity index (χ0) is 19.0. The number of likely N-dealkylation sites (N-methyl/N-ethyl adjacent to an activating group) is 1. The van der Waals surface area contributed by atoms with Crippen LogP contribution in [0.2, 0.25) is 0 Å². The van der Waals surface area contributed by atoms with Crippen LogP contribution in [0.15, 0.2) is 45.9 Å². The average molecular weight is 398 g/mol. The third-order valence-electron chi connectivity index (χ3n) is 3.75. The molecule has 9 heteroatoms. The van der Waals surface area contributed by atoms with Crippen molar-refractivity contribution in [3.8, 4) is 0 Å². The Kier molecular flexibility index (Phi) is 7.67. The van der Waals surface area contributed by atoms with Gasteiger partial charge in [0.25, 0.3) is 0 Å². The Morgan fingerprint density at radius 3 is 2.81 bits per heavy atom. The van der Waals surface area contributed by atoms with E-state index in [0.29, 0.717) is 6.54 Å². The summed E-state index contributed by atoms with van der Waals surface area (Å²) in [5.41, 5.74) is 0. The van der Waals surface area contributed by atoms with Crippen LogP contribution in [0.25, 0.3) is 0 Å². The Hall–Kier alpha value is -1.84. The number of nitrogens with one attached hydrogen (secondary N) is 2. The van der Waals surface area contributed by atoms with Crippen LogP contribution in [0.1, 0.15) is 11.8 Å². The molecule has 0 aliphatic rings. The molecule has 0 aliphatic heterocycles. The van der Waals surface area contributed by atoms with Gasteiger partial charge in [0.15, 0.2) is 5.96 Å². The average Bonchev–Trinajstić information content (AvgIpc) is 3.27. The van der Waals surface area contributed by atoms with E-state index in [1.165, 1.54) is 4.88 Å². The Balaban J connectivity index is 1.85. The molecule has 2 heterocycles. The second-order valence-corrected chi connectivity index (χ2v) is 8.70. The highest BCUT2D eigenvalue weighted by Crippen LogP contribution is 2.09. The lowest BCUT2D eigenvalue weighted by Crippen LogP contribution is -2.40. The van der Waals surface area contributed by atoms with E-state index in [9.17, 15) is 8.42 Å². The smallest absolute Gasteiger partial charge is 0.242 e. The maximum atomic E-state index is 12.2. The highest BCUT2D eigenvalue weighted by molar-refractivity contribution is 7.89. The molecule has 0 bridgehead atoms. The number of aliphatic imine (C=N–C) groups is 1. The Morgan fingerprint density at radius 2 is 2.19 bits per heavy atom. The van der Waals surface area contributed by atoms with Crippen molar-refractivity contribution < 1.29 is 8.42 Å². The number of guanidine groups is 1. The maximum absolute atomic E-state index is 12.2. The van der Waals surface area contributed by atoms with Crippen LogP contribution in [0.3, 0.4) is 0 Å². The summed E-state index contributed by atoms with van der Waals surface area (Å²) in [6, 6.07) is 5.76. The second-order valence-electron chi connectivity index (χ2n) is 5.90. The van der Waals surface area contributed by atoms with Crippen LogP contribution in [-0.2, 0) is 23.5 Å². The highest BCUT2D eigenvalue weighted by Gasteiger charge is 2.14. The lowest BCUT2D eigenvalue weighted by molar-refractivity contribution is 0.486. The van der Waals surface area contributed by atoms with Gasteiger partial charge < -0.3 is 14.8 Å². The number of aryl methyl sites for hydroxylation is 1. The number of hydrogen-bond acceptors (Lipinski definition) is 4. The van der Waals surface area contributed by atoms with Crippen LogP contribution >= 0.6 is 11.3 Å². The summed E-state index contributed by atoms with van der Waals surface area (Å²) >= 11 is 1.75. The largest absolute Gasteiger partial charge is 0.357 e. The molecule has 2 N–H and O–H groups in total. The van der Waals surface area contributed by atoms with Crippen molar-refractivity contribution in [3.05, 3.63) is 40.8 Å². The fourth-order valence-corrected chi connectivity index (χ4v) is 4.14. The summed E-state index contributed by atoms with van der Waals surface area (Å²) < 4.78 is 28.7. The zero-order valence-corrected chi connectivity index (χ0v) is 17.1. The predicted octanol–water partition coefficient (Wildman–Crippen LogP) is 1.50. The normalized spacial score (nSPS) is 12.3. The highest BCUT2D eigenvalue weighted by atomic mass is 32.2. The number of thiophene rings is 1. The Labute approximate surface area is 159 Å². The van der Waals surface area contributed by atoms with Gasteiger partial charge in [0.2, 0.25) is 10.0 Å². The van der Waals surface area contributed by atoms with Crippen molar-refractivity contribution in [2.45, 2.75) is 18.2 Å². The van der Waals surface area contributed by atoms with E-state index < -0.39 is 10.0 Å². The molecule has 0 unspecified atom stereocenters. The lowest BCUT2D eigenvalue weighted by Gasteiger charge is -2.21. The minimum absolute atomic E-state index is 0.255. The lowest BCUT2D eigenvalue weighted by atomic mass is 10.3. The summed E-state index contributed by atoms with van der Waals surface area (Å²) in [6.45, 7) is 4.25. The summed E-state index contributed by atoms with van der Waals surface area (Å²) in [4.78, 5) is 8.19. The summed E-state index contributed by atoms with van der Waals surface area (Å²) in [5, 5.41) is 5.32. The fraction of sp³-hybridized carbons (Fsp3) is 0.471. The molecule has 0 amide bonds. The quantitative estimate of drug-likeness (QED) is 0.382. The Morgan fingerprint density at radius 1 is 1.38 bits per heavy atom. The minimum atomic E-state index is -3.48. The minimum Gasteiger partial charge on any atom is -0.357 e. The molecule has 7 nitrogen and oxygen atoms in total. The third-order valence-corrected chi connectivity index (χ3v) is 6.13. The molecular weight excluding hydrogens is 370 g/mol. The van der Waals surface area contributed by atoms with Crippen molar-refractivity contribution in [1.82, 2.24) is 19.5 Å². The molecule has 144 valence electrons. The predicted molar refractivity (Wildman–Crippen MR) is 107 cm³/mol. The molecule has 0 spiro atoms.